The molecule has 0 amide bonds. The van der Waals surface area contributed by atoms with Gasteiger partial charge in [-0.15, -0.1) is 10.9 Å². The first kappa shape index (κ1) is 18.6. The van der Waals surface area contributed by atoms with Crippen molar-refractivity contribution >= 4 is 32.3 Å². The zero-order valence-electron chi connectivity index (χ0n) is 12.7. The Hall–Kier alpha value is -1.77. The van der Waals surface area contributed by atoms with E-state index in [0.717, 1.165) is 0 Å². The van der Waals surface area contributed by atoms with Gasteiger partial charge in [0.2, 0.25) is 0 Å². The zero-order chi connectivity index (χ0) is 16.4. The molecule has 0 aliphatic carbocycles. The summed E-state index contributed by atoms with van der Waals surface area (Å²) >= 11 is 0. The number of hydrogen-bond acceptors (Lipinski definition) is 5. The minimum atomic E-state index is -4.33. The molecule has 0 aromatic heterocycles. The molecule has 8 heteroatoms. The van der Waals surface area contributed by atoms with Crippen molar-refractivity contribution < 1.29 is 47.6 Å². The Labute approximate surface area is 160 Å². The number of rotatable bonds is 3. The maximum absolute atomic E-state index is 11.8. The normalized spacial score (nSPS) is 11.5. The van der Waals surface area contributed by atoms with E-state index in [1.54, 1.807) is 12.1 Å². The van der Waals surface area contributed by atoms with Crippen molar-refractivity contribution in [2.75, 3.05) is 0 Å². The molecule has 0 radical (unpaired) electrons. The number of azo groups is 1. The second-order valence-electron chi connectivity index (χ2n) is 4.84. The molecular formula is C16H11N2NaO4S. The van der Waals surface area contributed by atoms with Crippen molar-refractivity contribution in [3.8, 4) is 5.75 Å². The van der Waals surface area contributed by atoms with Gasteiger partial charge in [0.05, 0.1) is 16.3 Å². The summed E-state index contributed by atoms with van der Waals surface area (Å²) < 4.78 is 31.5. The van der Waals surface area contributed by atoms with Gasteiger partial charge in [-0.25, -0.2) is 0 Å². The van der Waals surface area contributed by atoms with Gasteiger partial charge in [-0.05, 0) is 35.7 Å². The Morgan fingerprint density at radius 1 is 0.917 bits per heavy atom. The Morgan fingerprint density at radius 2 is 1.62 bits per heavy atom. The first-order valence-corrected chi connectivity index (χ1v) is 8.06. The van der Waals surface area contributed by atoms with Crippen LogP contribution in [-0.2, 0) is 10.1 Å². The average Bonchev–Trinajstić information content (AvgIpc) is 2.52. The van der Waals surface area contributed by atoms with Crippen molar-refractivity contribution in [3.05, 3.63) is 60.7 Å². The average molecular weight is 350 g/mol. The smallest absolute Gasteiger partial charge is 0.872 e. The standard InChI is InChI=1S/C16H12N2O4S.Na/c19-13-8-11-9-14(23(20,21)22)6-7-15(11)16(10-13)18-17-12-4-2-1-3-5-12;/h1-10,19H,(H,20,21,22);/q;+1/p-1. The Bertz CT molecular complexity index is 1010. The van der Waals surface area contributed by atoms with Gasteiger partial charge in [-0.2, -0.15) is 13.5 Å². The third kappa shape index (κ3) is 4.19. The number of nitrogens with zero attached hydrogens (tertiary/aromatic N) is 2. The molecule has 3 rings (SSSR count). The third-order valence-electron chi connectivity index (χ3n) is 3.20. The van der Waals surface area contributed by atoms with E-state index in [9.17, 15) is 13.5 Å². The van der Waals surface area contributed by atoms with Gasteiger partial charge in [0.15, 0.2) is 0 Å². The predicted molar refractivity (Wildman–Crippen MR) is 83.8 cm³/mol. The van der Waals surface area contributed by atoms with Crippen molar-refractivity contribution in [2.24, 2.45) is 10.2 Å². The minimum Gasteiger partial charge on any atom is -0.872 e. The SMILES string of the molecule is O=S(=O)(O)c1ccc2c(N=Nc3ccccc3)cc([O-])cc2c1.[Na+]. The number of hydrogen-bond donors (Lipinski definition) is 1. The monoisotopic (exact) mass is 350 g/mol. The van der Waals surface area contributed by atoms with Gasteiger partial charge in [0.1, 0.15) is 0 Å². The second kappa shape index (κ2) is 7.42. The first-order valence-electron chi connectivity index (χ1n) is 6.62. The van der Waals surface area contributed by atoms with Crippen LogP contribution in [0.3, 0.4) is 0 Å². The van der Waals surface area contributed by atoms with Gasteiger partial charge >= 0.3 is 29.6 Å². The molecule has 0 unspecified atom stereocenters. The maximum Gasteiger partial charge on any atom is 1.00 e. The van der Waals surface area contributed by atoms with Gasteiger partial charge in [-0.3, -0.25) is 4.55 Å². The molecule has 3 aromatic carbocycles. The summed E-state index contributed by atoms with van der Waals surface area (Å²) in [6, 6.07) is 15.6. The Morgan fingerprint density at radius 3 is 2.29 bits per heavy atom. The largest absolute Gasteiger partial charge is 1.00 e. The fraction of sp³-hybridized carbons (Fsp3) is 0. The van der Waals surface area contributed by atoms with Gasteiger partial charge < -0.3 is 5.11 Å². The molecule has 0 aliphatic rings. The van der Waals surface area contributed by atoms with E-state index < -0.39 is 10.1 Å². The van der Waals surface area contributed by atoms with Gasteiger partial charge in [-0.1, -0.05) is 30.3 Å². The van der Waals surface area contributed by atoms with E-state index in [4.69, 9.17) is 4.55 Å². The molecule has 0 spiro atoms. The summed E-state index contributed by atoms with van der Waals surface area (Å²) in [5, 5.41) is 20.8. The molecule has 24 heavy (non-hydrogen) atoms. The van der Waals surface area contributed by atoms with Crippen LogP contribution in [0.1, 0.15) is 0 Å². The summed E-state index contributed by atoms with van der Waals surface area (Å²) in [7, 11) is -4.33. The summed E-state index contributed by atoms with van der Waals surface area (Å²) in [5.74, 6) is -0.327. The Kier molecular flexibility index (Phi) is 5.74. The van der Waals surface area contributed by atoms with Crippen LogP contribution in [0, 0.1) is 0 Å². The fourth-order valence-corrected chi connectivity index (χ4v) is 2.67. The quantitative estimate of drug-likeness (QED) is 0.424. The summed E-state index contributed by atoms with van der Waals surface area (Å²) in [6.07, 6.45) is 0. The van der Waals surface area contributed by atoms with Crippen molar-refractivity contribution in [1.82, 2.24) is 0 Å². The van der Waals surface area contributed by atoms with E-state index in [2.05, 4.69) is 10.2 Å². The van der Waals surface area contributed by atoms with Crippen LogP contribution in [0.25, 0.3) is 10.8 Å². The number of fused-ring (bicyclic) bond motifs is 1. The van der Waals surface area contributed by atoms with Crippen LogP contribution >= 0.6 is 0 Å². The molecule has 0 bridgehead atoms. The zero-order valence-corrected chi connectivity index (χ0v) is 15.6. The molecule has 0 aliphatic heterocycles. The van der Waals surface area contributed by atoms with E-state index in [1.807, 2.05) is 18.2 Å². The minimum absolute atomic E-state index is 0. The van der Waals surface area contributed by atoms with E-state index in [-0.39, 0.29) is 40.2 Å². The van der Waals surface area contributed by atoms with Gasteiger partial charge in [0.25, 0.3) is 10.1 Å². The molecule has 0 atom stereocenters. The molecular weight excluding hydrogens is 339 g/mol. The van der Waals surface area contributed by atoms with Gasteiger partial charge in [0, 0.05) is 5.39 Å². The molecule has 3 aromatic rings. The second-order valence-corrected chi connectivity index (χ2v) is 6.26. The summed E-state index contributed by atoms with van der Waals surface area (Å²) in [5.41, 5.74) is 0.963. The third-order valence-corrected chi connectivity index (χ3v) is 4.05. The van der Waals surface area contributed by atoms with Crippen LogP contribution < -0.4 is 34.7 Å². The van der Waals surface area contributed by atoms with Crippen LogP contribution in [0.5, 0.6) is 5.75 Å². The Balaban J connectivity index is 0.00000208. The predicted octanol–water partition coefficient (Wildman–Crippen LogP) is 0.579. The summed E-state index contributed by atoms with van der Waals surface area (Å²) in [6.45, 7) is 0. The van der Waals surface area contributed by atoms with E-state index in [1.165, 1.54) is 30.3 Å². The molecule has 0 saturated heterocycles. The summed E-state index contributed by atoms with van der Waals surface area (Å²) in [4.78, 5) is -0.276. The van der Waals surface area contributed by atoms with E-state index >= 15 is 0 Å². The molecule has 0 heterocycles. The maximum atomic E-state index is 11.8. The van der Waals surface area contributed by atoms with Crippen LogP contribution in [-0.4, -0.2) is 13.0 Å². The molecule has 0 fully saturated rings. The fourth-order valence-electron chi connectivity index (χ4n) is 2.15. The number of benzene rings is 3. The topological polar surface area (TPSA) is 102 Å². The first-order chi connectivity index (χ1) is 10.9. The molecule has 6 nitrogen and oxygen atoms in total. The van der Waals surface area contributed by atoms with Crippen LogP contribution in [0.15, 0.2) is 75.8 Å². The van der Waals surface area contributed by atoms with Crippen LogP contribution in [0.2, 0.25) is 0 Å². The van der Waals surface area contributed by atoms with Crippen molar-refractivity contribution in [3.63, 3.8) is 0 Å². The molecule has 1 N–H and O–H groups in total. The van der Waals surface area contributed by atoms with Crippen LogP contribution in [0.4, 0.5) is 11.4 Å². The van der Waals surface area contributed by atoms with Crippen molar-refractivity contribution in [2.45, 2.75) is 4.90 Å². The van der Waals surface area contributed by atoms with Crippen molar-refractivity contribution in [1.29, 1.82) is 0 Å². The van der Waals surface area contributed by atoms with E-state index in [0.29, 0.717) is 22.1 Å². The molecule has 116 valence electrons. The molecule has 0 saturated carbocycles.